The molecular weight excluding hydrogens is 325 g/mol. The van der Waals surface area contributed by atoms with Gasteiger partial charge in [-0.1, -0.05) is 6.07 Å². The molecule has 0 fully saturated rings. The molecule has 0 aliphatic rings. The van der Waals surface area contributed by atoms with Gasteiger partial charge >= 0.3 is 0 Å². The van der Waals surface area contributed by atoms with Gasteiger partial charge in [-0.3, -0.25) is 0 Å². The lowest BCUT2D eigenvalue weighted by Crippen LogP contribution is -2.37. The van der Waals surface area contributed by atoms with Gasteiger partial charge in [0.2, 0.25) is 5.88 Å². The van der Waals surface area contributed by atoms with Crippen LogP contribution in [-0.4, -0.2) is 56.2 Å². The minimum absolute atomic E-state index is 0.143. The van der Waals surface area contributed by atoms with Crippen molar-refractivity contribution in [3.05, 3.63) is 48.7 Å². The summed E-state index contributed by atoms with van der Waals surface area (Å²) < 4.78 is 5.81. The number of aromatic nitrogens is 3. The molecule has 0 aliphatic carbocycles. The molecule has 0 unspecified atom stereocenters. The number of ether oxygens (including phenoxy) is 1. The van der Waals surface area contributed by atoms with Crippen molar-refractivity contribution in [3.8, 4) is 34.0 Å². The highest BCUT2D eigenvalue weighted by Crippen LogP contribution is 2.33. The van der Waals surface area contributed by atoms with E-state index in [1.807, 2.05) is 59.9 Å². The van der Waals surface area contributed by atoms with Crippen molar-refractivity contribution in [2.45, 2.75) is 5.30 Å². The van der Waals surface area contributed by atoms with Crippen LogP contribution in [0.15, 0.2) is 48.7 Å². The van der Waals surface area contributed by atoms with Gasteiger partial charge in [0.05, 0.1) is 5.69 Å². The number of rotatable bonds is 5. The van der Waals surface area contributed by atoms with E-state index in [9.17, 15) is 5.11 Å². The third-order valence-electron chi connectivity index (χ3n) is 3.67. The molecule has 0 spiro atoms. The molecule has 2 heterocycles. The lowest BCUT2D eigenvalue weighted by Gasteiger charge is -2.21. The average molecular weight is 344 g/mol. The maximum atomic E-state index is 10.5. The molecule has 9 heteroatoms. The summed E-state index contributed by atoms with van der Waals surface area (Å²) in [5.41, 5.74) is 3.02. The number of phenolic OH excluding ortho intramolecular Hbond substituents is 1. The molecule has 0 aliphatic heterocycles. The fourth-order valence-corrected chi connectivity index (χ4v) is 2.50. The Morgan fingerprint density at radius 2 is 1.77 bits per heavy atom. The second-order valence-corrected chi connectivity index (χ2v) is 6.88. The molecule has 3 rings (SSSR count). The summed E-state index contributed by atoms with van der Waals surface area (Å²) in [7, 11) is 7.70. The lowest BCUT2D eigenvalue weighted by atomic mass is 9.52. The van der Waals surface area contributed by atoms with Crippen LogP contribution in [0.5, 0.6) is 11.6 Å². The van der Waals surface area contributed by atoms with Crippen LogP contribution >= 0.6 is 0 Å². The van der Waals surface area contributed by atoms with E-state index in [-0.39, 0.29) is 11.0 Å². The van der Waals surface area contributed by atoms with E-state index in [0.717, 1.165) is 11.1 Å². The lowest BCUT2D eigenvalue weighted by molar-refractivity contribution is 0.306. The molecule has 0 saturated heterocycles. The van der Waals surface area contributed by atoms with E-state index in [4.69, 9.17) is 4.74 Å². The molecule has 2 aromatic heterocycles. The van der Waals surface area contributed by atoms with Crippen molar-refractivity contribution < 1.29 is 9.84 Å². The van der Waals surface area contributed by atoms with Crippen LogP contribution in [0.3, 0.4) is 0 Å². The van der Waals surface area contributed by atoms with E-state index in [0.29, 0.717) is 23.0 Å². The number of phenols is 1. The highest BCUT2D eigenvalue weighted by atomic mass is 16.5. The number of anilines is 1. The smallest absolute Gasteiger partial charge is 0.212 e. The Bertz CT molecular complexity index is 915. The van der Waals surface area contributed by atoms with Gasteiger partial charge in [-0.25, -0.2) is 4.98 Å². The molecule has 0 atom stereocenters. The van der Waals surface area contributed by atoms with Crippen LogP contribution in [0.1, 0.15) is 0 Å². The summed E-state index contributed by atoms with van der Waals surface area (Å²) in [6.45, 7) is 0. The zero-order valence-electron chi connectivity index (χ0n) is 15.3. The van der Waals surface area contributed by atoms with Gasteiger partial charge in [0.1, 0.15) is 35.1 Å². The fraction of sp³-hybridized carbons (Fsp3) is 0.118. The number of hydrogen-bond acceptors (Lipinski definition) is 6. The highest BCUT2D eigenvalue weighted by molar-refractivity contribution is 6.58. The van der Waals surface area contributed by atoms with Crippen molar-refractivity contribution in [1.29, 1.82) is 0 Å². The zero-order chi connectivity index (χ0) is 18.7. The first-order valence-electron chi connectivity index (χ1n) is 8.36. The van der Waals surface area contributed by atoms with Gasteiger partial charge in [-0.15, -0.1) is 10.2 Å². The first-order chi connectivity index (χ1) is 12.4. The van der Waals surface area contributed by atoms with Crippen LogP contribution in [0.4, 0.5) is 5.82 Å². The van der Waals surface area contributed by atoms with E-state index >= 15 is 0 Å². The third kappa shape index (κ3) is 4.17. The Hall–Kier alpha value is -2.96. The molecule has 0 bridgehead atoms. The Labute approximate surface area is 155 Å². The van der Waals surface area contributed by atoms with Gasteiger partial charge in [0.25, 0.3) is 0 Å². The van der Waals surface area contributed by atoms with Crippen molar-refractivity contribution in [2.75, 3.05) is 12.4 Å². The maximum absolute atomic E-state index is 10.5. The molecule has 0 radical (unpaired) electrons. The van der Waals surface area contributed by atoms with Gasteiger partial charge < -0.3 is 15.2 Å². The first kappa shape index (κ1) is 17.9. The van der Waals surface area contributed by atoms with Crippen LogP contribution in [0.25, 0.3) is 22.4 Å². The molecule has 1 aromatic carbocycles. The van der Waals surface area contributed by atoms with E-state index in [1.54, 1.807) is 19.3 Å². The molecular formula is C17H19B3N4O2. The standard InChI is InChI=1S/C17H19B3N4O2/c1-21-15-5-4-13(23-24-15)12-3-2-10(8-14(12)25)11-6-7-22-16(9-11)26-17(18,19)20/h2-9,25H,18-20H2,1H3,(H,21,24). The van der Waals surface area contributed by atoms with Gasteiger partial charge in [-0.2, -0.15) is 0 Å². The minimum atomic E-state index is -0.324. The Kier molecular flexibility index (Phi) is 4.89. The summed E-state index contributed by atoms with van der Waals surface area (Å²) in [5.74, 6) is 1.37. The Morgan fingerprint density at radius 3 is 2.38 bits per heavy atom. The fourth-order valence-electron chi connectivity index (χ4n) is 2.50. The summed E-state index contributed by atoms with van der Waals surface area (Å²) in [5, 5.41) is 21.2. The monoisotopic (exact) mass is 344 g/mol. The average Bonchev–Trinajstić information content (AvgIpc) is 2.60. The first-order valence-corrected chi connectivity index (χ1v) is 8.36. The predicted octanol–water partition coefficient (Wildman–Crippen LogP) is -0.158. The number of hydrogen-bond donors (Lipinski definition) is 2. The molecule has 26 heavy (non-hydrogen) atoms. The zero-order valence-corrected chi connectivity index (χ0v) is 15.3. The summed E-state index contributed by atoms with van der Waals surface area (Å²) in [4.78, 5) is 4.25. The van der Waals surface area contributed by atoms with E-state index in [2.05, 4.69) is 20.5 Å². The quantitative estimate of drug-likeness (QED) is 0.627. The van der Waals surface area contributed by atoms with E-state index in [1.165, 1.54) is 0 Å². The number of nitrogens with zero attached hydrogens (tertiary/aromatic N) is 3. The number of benzene rings is 1. The normalized spacial score (nSPS) is 11.1. The molecule has 0 amide bonds. The summed E-state index contributed by atoms with van der Waals surface area (Å²) in [6.07, 6.45) is 1.70. The van der Waals surface area contributed by atoms with Gasteiger partial charge in [0.15, 0.2) is 0 Å². The van der Waals surface area contributed by atoms with E-state index < -0.39 is 0 Å². The highest BCUT2D eigenvalue weighted by Gasteiger charge is 2.14. The number of nitrogens with one attached hydrogen (secondary N) is 1. The Balaban J connectivity index is 1.91. The van der Waals surface area contributed by atoms with Gasteiger partial charge in [0, 0.05) is 30.2 Å². The molecule has 0 saturated carbocycles. The largest absolute Gasteiger partial charge is 0.507 e. The SMILES string of the molecule is BC(B)(B)Oc1cc(-c2ccc(-c3ccc(NC)nn3)c(O)c2)ccn1. The Morgan fingerprint density at radius 1 is 1.00 bits per heavy atom. The van der Waals surface area contributed by atoms with Crippen molar-refractivity contribution >= 4 is 29.4 Å². The van der Waals surface area contributed by atoms with Crippen molar-refractivity contribution in [2.24, 2.45) is 0 Å². The molecule has 2 N–H and O–H groups in total. The predicted molar refractivity (Wildman–Crippen MR) is 111 cm³/mol. The third-order valence-corrected chi connectivity index (χ3v) is 3.67. The topological polar surface area (TPSA) is 80.2 Å². The number of pyridine rings is 1. The maximum Gasteiger partial charge on any atom is 0.212 e. The van der Waals surface area contributed by atoms with Crippen LogP contribution in [0, 0.1) is 0 Å². The molecule has 3 aromatic rings. The van der Waals surface area contributed by atoms with Crippen molar-refractivity contribution in [1.82, 2.24) is 15.2 Å². The molecule has 6 nitrogen and oxygen atoms in total. The summed E-state index contributed by atoms with van der Waals surface area (Å²) in [6, 6.07) is 12.8. The number of aromatic hydroxyl groups is 1. The second-order valence-electron chi connectivity index (χ2n) is 6.88. The summed E-state index contributed by atoms with van der Waals surface area (Å²) >= 11 is 0. The van der Waals surface area contributed by atoms with Crippen LogP contribution in [0.2, 0.25) is 0 Å². The molecule has 128 valence electrons. The minimum Gasteiger partial charge on any atom is -0.507 e. The van der Waals surface area contributed by atoms with Crippen LogP contribution < -0.4 is 10.1 Å². The van der Waals surface area contributed by atoms with Gasteiger partial charge in [-0.05, 0) is 41.5 Å². The second kappa shape index (κ2) is 7.11. The van der Waals surface area contributed by atoms with Crippen molar-refractivity contribution in [3.63, 3.8) is 0 Å². The van der Waals surface area contributed by atoms with Crippen LogP contribution in [-0.2, 0) is 0 Å².